The number of rotatable bonds is 4. The number of nitrogens with one attached hydrogen (secondary N) is 2. The van der Waals surface area contributed by atoms with E-state index in [1.165, 1.54) is 0 Å². The molecule has 1 heterocycles. The molecule has 0 saturated heterocycles. The molecule has 0 aliphatic heterocycles. The van der Waals surface area contributed by atoms with Gasteiger partial charge in [-0.1, -0.05) is 23.7 Å². The third kappa shape index (κ3) is 4.60. The van der Waals surface area contributed by atoms with Crippen molar-refractivity contribution in [1.29, 1.82) is 0 Å². The van der Waals surface area contributed by atoms with Crippen LogP contribution in [0.15, 0.2) is 48.8 Å². The second-order valence-electron chi connectivity index (χ2n) is 4.02. The molecular weight excluding hydrogens is 262 g/mol. The molecule has 0 aliphatic carbocycles. The Kier molecular flexibility index (Phi) is 4.75. The molecule has 0 atom stereocenters. The average molecular weight is 276 g/mol. The highest BCUT2D eigenvalue weighted by Gasteiger charge is 2.01. The van der Waals surface area contributed by atoms with Gasteiger partial charge in [0.2, 0.25) is 0 Å². The van der Waals surface area contributed by atoms with E-state index in [2.05, 4.69) is 15.6 Å². The average Bonchev–Trinajstić information content (AvgIpc) is 2.44. The Hall–Kier alpha value is -2.07. The number of carbonyl (C=O) groups excluding carboxylic acids is 1. The molecule has 2 N–H and O–H groups in total. The molecule has 0 fully saturated rings. The first-order valence-corrected chi connectivity index (χ1v) is 6.27. The SMILES string of the molecule is O=C(NCc1ccncc1)NCc1cccc(Cl)c1. The first-order valence-electron chi connectivity index (χ1n) is 5.89. The molecular formula is C14H14ClN3O. The molecule has 2 amide bonds. The second-order valence-corrected chi connectivity index (χ2v) is 4.46. The fourth-order valence-corrected chi connectivity index (χ4v) is 1.79. The summed E-state index contributed by atoms with van der Waals surface area (Å²) >= 11 is 5.87. The van der Waals surface area contributed by atoms with Gasteiger partial charge < -0.3 is 10.6 Å². The van der Waals surface area contributed by atoms with Crippen molar-refractivity contribution in [3.63, 3.8) is 0 Å². The van der Waals surface area contributed by atoms with E-state index in [1.54, 1.807) is 18.5 Å². The zero-order chi connectivity index (χ0) is 13.5. The van der Waals surface area contributed by atoms with E-state index in [9.17, 15) is 4.79 Å². The van der Waals surface area contributed by atoms with Gasteiger partial charge in [0.15, 0.2) is 0 Å². The second kappa shape index (κ2) is 6.75. The Bertz CT molecular complexity index is 545. The molecule has 1 aromatic carbocycles. The van der Waals surface area contributed by atoms with Crippen LogP contribution in [0.2, 0.25) is 5.02 Å². The van der Waals surface area contributed by atoms with Crippen molar-refractivity contribution in [2.24, 2.45) is 0 Å². The van der Waals surface area contributed by atoms with Gasteiger partial charge in [0, 0.05) is 30.5 Å². The summed E-state index contributed by atoms with van der Waals surface area (Å²) in [5, 5.41) is 6.21. The molecule has 5 heteroatoms. The highest BCUT2D eigenvalue weighted by Crippen LogP contribution is 2.10. The summed E-state index contributed by atoms with van der Waals surface area (Å²) in [6.07, 6.45) is 3.39. The molecule has 0 saturated carbocycles. The first-order chi connectivity index (χ1) is 9.24. The molecule has 0 radical (unpaired) electrons. The van der Waals surface area contributed by atoms with Crippen LogP contribution in [0.1, 0.15) is 11.1 Å². The van der Waals surface area contributed by atoms with Crippen molar-refractivity contribution in [2.45, 2.75) is 13.1 Å². The third-order valence-corrected chi connectivity index (χ3v) is 2.78. The lowest BCUT2D eigenvalue weighted by molar-refractivity contribution is 0.240. The number of amides is 2. The maximum absolute atomic E-state index is 11.6. The summed E-state index contributed by atoms with van der Waals surface area (Å²) in [7, 11) is 0. The van der Waals surface area contributed by atoms with Gasteiger partial charge in [0.1, 0.15) is 0 Å². The van der Waals surface area contributed by atoms with Crippen molar-refractivity contribution < 1.29 is 4.79 Å². The highest BCUT2D eigenvalue weighted by atomic mass is 35.5. The first kappa shape index (κ1) is 13.4. The van der Waals surface area contributed by atoms with E-state index in [4.69, 9.17) is 11.6 Å². The predicted octanol–water partition coefficient (Wildman–Crippen LogP) is 2.73. The zero-order valence-corrected chi connectivity index (χ0v) is 11.0. The van der Waals surface area contributed by atoms with Gasteiger partial charge in [-0.25, -0.2) is 4.79 Å². The van der Waals surface area contributed by atoms with Crippen LogP contribution in [0.4, 0.5) is 4.79 Å². The Morgan fingerprint density at radius 3 is 2.42 bits per heavy atom. The van der Waals surface area contributed by atoms with Gasteiger partial charge in [-0.3, -0.25) is 4.98 Å². The van der Waals surface area contributed by atoms with E-state index >= 15 is 0 Å². The number of hydrogen-bond donors (Lipinski definition) is 2. The van der Waals surface area contributed by atoms with Gasteiger partial charge in [-0.2, -0.15) is 0 Å². The third-order valence-electron chi connectivity index (χ3n) is 2.54. The topological polar surface area (TPSA) is 54.0 Å². The Balaban J connectivity index is 1.76. The van der Waals surface area contributed by atoms with E-state index in [0.29, 0.717) is 18.1 Å². The molecule has 0 aliphatic rings. The lowest BCUT2D eigenvalue weighted by atomic mass is 10.2. The minimum absolute atomic E-state index is 0.211. The van der Waals surface area contributed by atoms with Crippen LogP contribution >= 0.6 is 11.6 Å². The summed E-state index contributed by atoms with van der Waals surface area (Å²) in [4.78, 5) is 15.5. The molecule has 0 bridgehead atoms. The zero-order valence-electron chi connectivity index (χ0n) is 10.3. The number of hydrogen-bond acceptors (Lipinski definition) is 2. The fraction of sp³-hybridized carbons (Fsp3) is 0.143. The summed E-state index contributed by atoms with van der Waals surface area (Å²) in [5.74, 6) is 0. The van der Waals surface area contributed by atoms with Crippen LogP contribution < -0.4 is 10.6 Å². The van der Waals surface area contributed by atoms with E-state index in [-0.39, 0.29) is 6.03 Å². The van der Waals surface area contributed by atoms with Gasteiger partial charge in [0.05, 0.1) is 0 Å². The van der Waals surface area contributed by atoms with Crippen LogP contribution in [0.3, 0.4) is 0 Å². The van der Waals surface area contributed by atoms with E-state index in [1.807, 2.05) is 30.3 Å². The highest BCUT2D eigenvalue weighted by molar-refractivity contribution is 6.30. The van der Waals surface area contributed by atoms with Crippen LogP contribution in [0.25, 0.3) is 0 Å². The Morgan fingerprint density at radius 2 is 1.74 bits per heavy atom. The smallest absolute Gasteiger partial charge is 0.315 e. The van der Waals surface area contributed by atoms with Gasteiger partial charge in [0.25, 0.3) is 0 Å². The number of aromatic nitrogens is 1. The van der Waals surface area contributed by atoms with Crippen LogP contribution in [0, 0.1) is 0 Å². The minimum Gasteiger partial charge on any atom is -0.334 e. The molecule has 0 unspecified atom stereocenters. The minimum atomic E-state index is -0.211. The number of benzene rings is 1. The summed E-state index contributed by atoms with van der Waals surface area (Å²) < 4.78 is 0. The summed E-state index contributed by atoms with van der Waals surface area (Å²) in [6.45, 7) is 0.923. The summed E-state index contributed by atoms with van der Waals surface area (Å²) in [5.41, 5.74) is 1.97. The maximum Gasteiger partial charge on any atom is 0.315 e. The Morgan fingerprint density at radius 1 is 1.05 bits per heavy atom. The van der Waals surface area contributed by atoms with Gasteiger partial charge in [-0.15, -0.1) is 0 Å². The van der Waals surface area contributed by atoms with Crippen LogP contribution in [-0.4, -0.2) is 11.0 Å². The largest absolute Gasteiger partial charge is 0.334 e. The lowest BCUT2D eigenvalue weighted by Gasteiger charge is -2.07. The Labute approximate surface area is 116 Å². The quantitative estimate of drug-likeness (QED) is 0.901. The van der Waals surface area contributed by atoms with E-state index in [0.717, 1.165) is 11.1 Å². The van der Waals surface area contributed by atoms with Crippen LogP contribution in [-0.2, 0) is 13.1 Å². The fourth-order valence-electron chi connectivity index (χ4n) is 1.57. The van der Waals surface area contributed by atoms with E-state index < -0.39 is 0 Å². The molecule has 0 spiro atoms. The van der Waals surface area contributed by atoms with Crippen molar-refractivity contribution in [3.8, 4) is 0 Å². The standard InChI is InChI=1S/C14H14ClN3O/c15-13-3-1-2-12(8-13)10-18-14(19)17-9-11-4-6-16-7-5-11/h1-8H,9-10H2,(H2,17,18,19). The number of pyridine rings is 1. The van der Waals surface area contributed by atoms with Crippen molar-refractivity contribution >= 4 is 17.6 Å². The molecule has 1 aromatic heterocycles. The molecule has 19 heavy (non-hydrogen) atoms. The van der Waals surface area contributed by atoms with Crippen molar-refractivity contribution in [2.75, 3.05) is 0 Å². The monoisotopic (exact) mass is 275 g/mol. The number of halogens is 1. The molecule has 2 rings (SSSR count). The number of urea groups is 1. The van der Waals surface area contributed by atoms with Gasteiger partial charge in [-0.05, 0) is 35.4 Å². The molecule has 98 valence electrons. The molecule has 4 nitrogen and oxygen atoms in total. The van der Waals surface area contributed by atoms with Crippen LogP contribution in [0.5, 0.6) is 0 Å². The number of carbonyl (C=O) groups is 1. The normalized spacial score (nSPS) is 9.95. The predicted molar refractivity (Wildman–Crippen MR) is 74.8 cm³/mol. The summed E-state index contributed by atoms with van der Waals surface area (Å²) in [6, 6.07) is 10.9. The lowest BCUT2D eigenvalue weighted by Crippen LogP contribution is -2.34. The van der Waals surface area contributed by atoms with Crippen molar-refractivity contribution in [3.05, 3.63) is 64.9 Å². The van der Waals surface area contributed by atoms with Crippen molar-refractivity contribution in [1.82, 2.24) is 15.6 Å². The maximum atomic E-state index is 11.6. The van der Waals surface area contributed by atoms with Gasteiger partial charge >= 0.3 is 6.03 Å². The number of nitrogens with zero attached hydrogens (tertiary/aromatic N) is 1. The molecule has 2 aromatic rings.